The Hall–Kier alpha value is -1.55. The largest absolute Gasteiger partial charge is 0.192 e. The van der Waals surface area contributed by atoms with Gasteiger partial charge in [0.15, 0.2) is 0 Å². The highest BCUT2D eigenvalue weighted by Crippen LogP contribution is 2.32. The lowest BCUT2D eigenvalue weighted by Gasteiger charge is -2.19. The van der Waals surface area contributed by atoms with E-state index in [0.717, 1.165) is 11.1 Å². The van der Waals surface area contributed by atoms with Crippen LogP contribution in [0.1, 0.15) is 55.0 Å². The third-order valence-corrected chi connectivity index (χ3v) is 3.11. The first-order chi connectivity index (χ1) is 7.40. The number of rotatable bonds is 2. The molecule has 0 aliphatic heterocycles. The minimum absolute atomic E-state index is 0. The molecule has 0 aromatic heterocycles. The van der Waals surface area contributed by atoms with E-state index in [1.54, 1.807) is 0 Å². The maximum absolute atomic E-state index is 9.03. The van der Waals surface area contributed by atoms with Gasteiger partial charge in [-0.15, -0.1) is 0 Å². The van der Waals surface area contributed by atoms with Gasteiger partial charge in [0.05, 0.1) is 11.6 Å². The van der Waals surface area contributed by atoms with Gasteiger partial charge in [0.1, 0.15) is 0 Å². The highest BCUT2D eigenvalue weighted by atomic mass is 14.3. The lowest BCUT2D eigenvalue weighted by atomic mass is 9.84. The molecule has 17 heavy (non-hydrogen) atoms. The molecule has 0 spiro atoms. The van der Waals surface area contributed by atoms with E-state index in [9.17, 15) is 0 Å². The predicted molar refractivity (Wildman–Crippen MR) is 76.1 cm³/mol. The first-order valence-corrected chi connectivity index (χ1v) is 5.60. The van der Waals surface area contributed by atoms with Gasteiger partial charge in [-0.1, -0.05) is 33.9 Å². The van der Waals surface area contributed by atoms with Crippen molar-refractivity contribution in [2.75, 3.05) is 0 Å². The van der Waals surface area contributed by atoms with Crippen molar-refractivity contribution in [2.45, 2.75) is 48.0 Å². The molecule has 0 amide bonds. The van der Waals surface area contributed by atoms with E-state index in [1.165, 1.54) is 16.7 Å². The van der Waals surface area contributed by atoms with Crippen LogP contribution in [0, 0.1) is 32.1 Å². The van der Waals surface area contributed by atoms with Crippen molar-refractivity contribution in [1.29, 1.82) is 5.26 Å². The van der Waals surface area contributed by atoms with Gasteiger partial charge < -0.3 is 0 Å². The normalized spacial score (nSPS) is 9.71. The molecule has 0 N–H and O–H groups in total. The van der Waals surface area contributed by atoms with Crippen LogP contribution in [0.5, 0.6) is 0 Å². The standard InChI is InChI=1S/C15H19N.CH4/c1-9(2)14-13(6)10(3)7-11(4)15(14)12(5)8-16;/h7,9H,5H2,1-4,6H3;1H4. The monoisotopic (exact) mass is 229 g/mol. The van der Waals surface area contributed by atoms with E-state index in [1.807, 2.05) is 0 Å². The van der Waals surface area contributed by atoms with Gasteiger partial charge in [-0.25, -0.2) is 0 Å². The van der Waals surface area contributed by atoms with E-state index >= 15 is 0 Å². The topological polar surface area (TPSA) is 23.8 Å². The van der Waals surface area contributed by atoms with Crippen LogP contribution in [0.4, 0.5) is 0 Å². The Kier molecular flexibility index (Phi) is 5.16. The molecule has 92 valence electrons. The summed E-state index contributed by atoms with van der Waals surface area (Å²) in [7, 11) is 0. The average Bonchev–Trinajstić information content (AvgIpc) is 2.21. The van der Waals surface area contributed by atoms with Crippen molar-refractivity contribution in [3.8, 4) is 6.07 Å². The molecule has 0 unspecified atom stereocenters. The summed E-state index contributed by atoms with van der Waals surface area (Å²) >= 11 is 0. The molecule has 0 bridgehead atoms. The van der Waals surface area contributed by atoms with Gasteiger partial charge in [0.25, 0.3) is 0 Å². The number of aryl methyl sites for hydroxylation is 2. The number of hydrogen-bond donors (Lipinski definition) is 0. The quantitative estimate of drug-likeness (QED) is 0.661. The van der Waals surface area contributed by atoms with Crippen LogP contribution in [0.2, 0.25) is 0 Å². The van der Waals surface area contributed by atoms with Crippen LogP contribution in [0.25, 0.3) is 5.57 Å². The number of benzene rings is 1. The second-order valence-corrected chi connectivity index (χ2v) is 4.67. The average molecular weight is 229 g/mol. The second kappa shape index (κ2) is 5.68. The van der Waals surface area contributed by atoms with Gasteiger partial charge in [-0.05, 0) is 54.5 Å². The summed E-state index contributed by atoms with van der Waals surface area (Å²) in [5.74, 6) is 0.415. The first kappa shape index (κ1) is 15.4. The molecule has 0 saturated heterocycles. The van der Waals surface area contributed by atoms with E-state index in [0.29, 0.717) is 11.5 Å². The van der Waals surface area contributed by atoms with Crippen LogP contribution >= 0.6 is 0 Å². The Balaban J connectivity index is 0.00000256. The van der Waals surface area contributed by atoms with Gasteiger partial charge in [0, 0.05) is 0 Å². The van der Waals surface area contributed by atoms with Crippen LogP contribution in [0.3, 0.4) is 0 Å². The van der Waals surface area contributed by atoms with Gasteiger partial charge in [-0.2, -0.15) is 5.26 Å². The number of nitriles is 1. The Morgan fingerprint density at radius 1 is 1.24 bits per heavy atom. The molecular formula is C16H23N. The zero-order valence-corrected chi connectivity index (χ0v) is 10.8. The number of allylic oxidation sites excluding steroid dienone is 1. The smallest absolute Gasteiger partial charge is 0.0991 e. The molecule has 0 heterocycles. The van der Waals surface area contributed by atoms with Crippen molar-refractivity contribution in [2.24, 2.45) is 0 Å². The molecule has 0 aliphatic rings. The Bertz CT molecular complexity index is 473. The van der Waals surface area contributed by atoms with Crippen molar-refractivity contribution >= 4 is 5.57 Å². The lowest BCUT2D eigenvalue weighted by Crippen LogP contribution is -2.03. The van der Waals surface area contributed by atoms with Crippen LogP contribution in [-0.2, 0) is 0 Å². The third-order valence-electron chi connectivity index (χ3n) is 3.11. The molecule has 0 saturated carbocycles. The summed E-state index contributed by atoms with van der Waals surface area (Å²) in [6.07, 6.45) is 0. The summed E-state index contributed by atoms with van der Waals surface area (Å²) in [6, 6.07) is 4.31. The highest BCUT2D eigenvalue weighted by Gasteiger charge is 2.16. The second-order valence-electron chi connectivity index (χ2n) is 4.67. The molecule has 1 nitrogen and oxygen atoms in total. The van der Waals surface area contributed by atoms with Crippen LogP contribution in [0.15, 0.2) is 12.6 Å². The zero-order chi connectivity index (χ0) is 12.5. The van der Waals surface area contributed by atoms with Crippen molar-refractivity contribution in [3.63, 3.8) is 0 Å². The van der Waals surface area contributed by atoms with E-state index in [2.05, 4.69) is 53.3 Å². The maximum Gasteiger partial charge on any atom is 0.0991 e. The Labute approximate surface area is 106 Å². The molecule has 0 atom stereocenters. The lowest BCUT2D eigenvalue weighted by molar-refractivity contribution is 0.847. The minimum Gasteiger partial charge on any atom is -0.192 e. The van der Waals surface area contributed by atoms with Crippen LogP contribution < -0.4 is 0 Å². The minimum atomic E-state index is 0. The van der Waals surface area contributed by atoms with Crippen molar-refractivity contribution in [1.82, 2.24) is 0 Å². The van der Waals surface area contributed by atoms with Gasteiger partial charge >= 0.3 is 0 Å². The Morgan fingerprint density at radius 3 is 2.18 bits per heavy atom. The fourth-order valence-electron chi connectivity index (χ4n) is 2.30. The predicted octanol–water partition coefficient (Wildman–Crippen LogP) is 4.91. The summed E-state index contributed by atoms with van der Waals surface area (Å²) in [5.41, 5.74) is 6.61. The van der Waals surface area contributed by atoms with Crippen LogP contribution in [-0.4, -0.2) is 0 Å². The number of nitrogens with zero attached hydrogens (tertiary/aromatic N) is 1. The Morgan fingerprint density at radius 2 is 1.76 bits per heavy atom. The summed E-state index contributed by atoms with van der Waals surface area (Å²) in [4.78, 5) is 0. The highest BCUT2D eigenvalue weighted by molar-refractivity contribution is 5.80. The summed E-state index contributed by atoms with van der Waals surface area (Å²) in [5, 5.41) is 9.03. The summed E-state index contributed by atoms with van der Waals surface area (Å²) in [6.45, 7) is 14.5. The summed E-state index contributed by atoms with van der Waals surface area (Å²) < 4.78 is 0. The molecule has 0 aliphatic carbocycles. The third kappa shape index (κ3) is 2.77. The fraction of sp³-hybridized carbons (Fsp3) is 0.438. The molecule has 0 fully saturated rings. The van der Waals surface area contributed by atoms with E-state index < -0.39 is 0 Å². The molecule has 1 aromatic rings. The molecular weight excluding hydrogens is 206 g/mol. The molecule has 1 rings (SSSR count). The fourth-order valence-corrected chi connectivity index (χ4v) is 2.30. The van der Waals surface area contributed by atoms with Crippen molar-refractivity contribution < 1.29 is 0 Å². The van der Waals surface area contributed by atoms with E-state index in [-0.39, 0.29) is 7.43 Å². The van der Waals surface area contributed by atoms with Gasteiger partial charge in [0.2, 0.25) is 0 Å². The zero-order valence-electron chi connectivity index (χ0n) is 10.8. The first-order valence-electron chi connectivity index (χ1n) is 5.60. The molecule has 1 heteroatoms. The SMILES string of the molecule is C.C=C(C#N)c1c(C)cc(C)c(C)c1C(C)C. The maximum atomic E-state index is 9.03. The van der Waals surface area contributed by atoms with E-state index in [4.69, 9.17) is 5.26 Å². The van der Waals surface area contributed by atoms with Gasteiger partial charge in [-0.3, -0.25) is 0 Å². The number of hydrogen-bond acceptors (Lipinski definition) is 1. The molecule has 0 radical (unpaired) electrons. The van der Waals surface area contributed by atoms with Crippen molar-refractivity contribution in [3.05, 3.63) is 40.5 Å². The molecule has 1 aromatic carbocycles.